The number of nitrogens with one attached hydrogen (secondary N) is 1. The van der Waals surface area contributed by atoms with Gasteiger partial charge >= 0.3 is 0 Å². The number of phenols is 1. The van der Waals surface area contributed by atoms with E-state index >= 15 is 0 Å². The summed E-state index contributed by atoms with van der Waals surface area (Å²) in [5, 5.41) is 14.4. The van der Waals surface area contributed by atoms with Crippen LogP contribution in [0.2, 0.25) is 0 Å². The Labute approximate surface area is 126 Å². The number of para-hydroxylation sites is 2. The highest BCUT2D eigenvalue weighted by atomic mass is 32.1. The molecular formula is C17H13NO2S. The van der Waals surface area contributed by atoms with Crippen LogP contribution in [0.25, 0.3) is 11.1 Å². The molecule has 0 radical (unpaired) electrons. The summed E-state index contributed by atoms with van der Waals surface area (Å²) in [7, 11) is 0. The first-order chi connectivity index (χ1) is 10.3. The van der Waals surface area contributed by atoms with E-state index in [2.05, 4.69) is 5.32 Å². The molecule has 0 bridgehead atoms. The van der Waals surface area contributed by atoms with Crippen LogP contribution >= 0.6 is 11.3 Å². The number of benzene rings is 2. The van der Waals surface area contributed by atoms with E-state index in [0.29, 0.717) is 10.6 Å². The molecule has 4 heteroatoms. The fourth-order valence-electron chi connectivity index (χ4n) is 2.09. The average molecular weight is 295 g/mol. The Morgan fingerprint density at radius 1 is 0.952 bits per heavy atom. The van der Waals surface area contributed by atoms with E-state index in [1.165, 1.54) is 11.3 Å². The standard InChI is InChI=1S/C17H13NO2S/c19-15-9-5-4-8-14(15)18-17(20)16-13(10-11-21-16)12-6-2-1-3-7-12/h1-11,19H,(H,18,20). The topological polar surface area (TPSA) is 49.3 Å². The number of amides is 1. The predicted molar refractivity (Wildman–Crippen MR) is 85.8 cm³/mol. The van der Waals surface area contributed by atoms with E-state index in [-0.39, 0.29) is 11.7 Å². The zero-order chi connectivity index (χ0) is 14.7. The Kier molecular flexibility index (Phi) is 3.71. The van der Waals surface area contributed by atoms with Crippen LogP contribution in [0.1, 0.15) is 9.67 Å². The van der Waals surface area contributed by atoms with Gasteiger partial charge in [0, 0.05) is 5.56 Å². The van der Waals surface area contributed by atoms with E-state index in [1.54, 1.807) is 24.3 Å². The van der Waals surface area contributed by atoms with Crippen LogP contribution in [0.4, 0.5) is 5.69 Å². The molecule has 0 aliphatic heterocycles. The van der Waals surface area contributed by atoms with Gasteiger partial charge in [-0.05, 0) is 29.1 Å². The van der Waals surface area contributed by atoms with Crippen molar-refractivity contribution in [1.29, 1.82) is 0 Å². The first kappa shape index (κ1) is 13.4. The Bertz CT molecular complexity index is 765. The molecule has 1 heterocycles. The maximum atomic E-state index is 12.4. The summed E-state index contributed by atoms with van der Waals surface area (Å²) in [6.45, 7) is 0. The van der Waals surface area contributed by atoms with Crippen molar-refractivity contribution in [2.75, 3.05) is 5.32 Å². The van der Waals surface area contributed by atoms with Crippen LogP contribution in [0.3, 0.4) is 0 Å². The molecule has 0 unspecified atom stereocenters. The fraction of sp³-hybridized carbons (Fsp3) is 0. The van der Waals surface area contributed by atoms with Gasteiger partial charge < -0.3 is 10.4 Å². The highest BCUT2D eigenvalue weighted by molar-refractivity contribution is 7.12. The monoisotopic (exact) mass is 295 g/mol. The molecule has 0 saturated heterocycles. The molecule has 0 spiro atoms. The number of hydrogen-bond acceptors (Lipinski definition) is 3. The molecule has 0 aliphatic rings. The lowest BCUT2D eigenvalue weighted by Crippen LogP contribution is -2.11. The van der Waals surface area contributed by atoms with Crippen molar-refractivity contribution in [3.8, 4) is 16.9 Å². The minimum absolute atomic E-state index is 0.0590. The average Bonchev–Trinajstić information content (AvgIpc) is 3.00. The molecule has 0 saturated carbocycles. The number of rotatable bonds is 3. The Morgan fingerprint density at radius 3 is 2.43 bits per heavy atom. The van der Waals surface area contributed by atoms with E-state index in [0.717, 1.165) is 11.1 Å². The zero-order valence-electron chi connectivity index (χ0n) is 11.1. The van der Waals surface area contributed by atoms with Gasteiger partial charge in [-0.3, -0.25) is 4.79 Å². The second-order valence-corrected chi connectivity index (χ2v) is 5.42. The van der Waals surface area contributed by atoms with Gasteiger partial charge in [-0.2, -0.15) is 0 Å². The molecule has 3 aromatic rings. The SMILES string of the molecule is O=C(Nc1ccccc1O)c1sccc1-c1ccccc1. The van der Waals surface area contributed by atoms with Gasteiger partial charge in [-0.25, -0.2) is 0 Å². The number of carbonyl (C=O) groups excluding carboxylic acids is 1. The molecular weight excluding hydrogens is 282 g/mol. The minimum atomic E-state index is -0.217. The number of phenolic OH excluding ortho intramolecular Hbond substituents is 1. The molecule has 0 atom stereocenters. The minimum Gasteiger partial charge on any atom is -0.506 e. The van der Waals surface area contributed by atoms with Crippen molar-refractivity contribution in [2.45, 2.75) is 0 Å². The largest absolute Gasteiger partial charge is 0.506 e. The van der Waals surface area contributed by atoms with Crippen LogP contribution in [0.15, 0.2) is 66.0 Å². The third-order valence-electron chi connectivity index (χ3n) is 3.11. The highest BCUT2D eigenvalue weighted by Crippen LogP contribution is 2.30. The zero-order valence-corrected chi connectivity index (χ0v) is 11.9. The Balaban J connectivity index is 1.90. The van der Waals surface area contributed by atoms with E-state index in [1.807, 2.05) is 41.8 Å². The Hall–Kier alpha value is -2.59. The van der Waals surface area contributed by atoms with Gasteiger partial charge in [0.15, 0.2) is 0 Å². The van der Waals surface area contributed by atoms with Crippen molar-refractivity contribution in [1.82, 2.24) is 0 Å². The van der Waals surface area contributed by atoms with Crippen molar-refractivity contribution in [2.24, 2.45) is 0 Å². The third kappa shape index (κ3) is 2.80. The number of carbonyl (C=O) groups is 1. The molecule has 0 aliphatic carbocycles. The molecule has 3 nitrogen and oxygen atoms in total. The second kappa shape index (κ2) is 5.81. The van der Waals surface area contributed by atoms with Crippen molar-refractivity contribution in [3.05, 3.63) is 70.9 Å². The van der Waals surface area contributed by atoms with Crippen LogP contribution in [0.5, 0.6) is 5.75 Å². The van der Waals surface area contributed by atoms with Crippen molar-refractivity contribution < 1.29 is 9.90 Å². The normalized spacial score (nSPS) is 10.3. The van der Waals surface area contributed by atoms with Gasteiger partial charge in [-0.15, -0.1) is 11.3 Å². The maximum Gasteiger partial charge on any atom is 0.266 e. The summed E-state index contributed by atoms with van der Waals surface area (Å²) in [6, 6.07) is 18.4. The number of anilines is 1. The molecule has 104 valence electrons. The molecule has 1 amide bonds. The summed E-state index contributed by atoms with van der Waals surface area (Å²) in [5.74, 6) is -0.158. The summed E-state index contributed by atoms with van der Waals surface area (Å²) < 4.78 is 0. The lowest BCUT2D eigenvalue weighted by molar-refractivity contribution is 0.103. The van der Waals surface area contributed by atoms with E-state index in [9.17, 15) is 9.90 Å². The number of thiophene rings is 1. The fourth-order valence-corrected chi connectivity index (χ4v) is 2.90. The molecule has 2 aromatic carbocycles. The molecule has 3 rings (SSSR count). The summed E-state index contributed by atoms with van der Waals surface area (Å²) >= 11 is 1.38. The van der Waals surface area contributed by atoms with Gasteiger partial charge in [0.05, 0.1) is 10.6 Å². The second-order valence-electron chi connectivity index (χ2n) is 4.50. The van der Waals surface area contributed by atoms with Gasteiger partial charge in [0.2, 0.25) is 0 Å². The molecule has 1 aromatic heterocycles. The van der Waals surface area contributed by atoms with Gasteiger partial charge in [0.1, 0.15) is 5.75 Å². The first-order valence-electron chi connectivity index (χ1n) is 6.48. The number of hydrogen-bond donors (Lipinski definition) is 2. The summed E-state index contributed by atoms with van der Waals surface area (Å²) in [5.41, 5.74) is 2.31. The lowest BCUT2D eigenvalue weighted by atomic mass is 10.1. The first-order valence-corrected chi connectivity index (χ1v) is 7.36. The van der Waals surface area contributed by atoms with Crippen LogP contribution in [0, 0.1) is 0 Å². The van der Waals surface area contributed by atoms with Gasteiger partial charge in [-0.1, -0.05) is 42.5 Å². The molecule has 0 fully saturated rings. The molecule has 2 N–H and O–H groups in total. The lowest BCUT2D eigenvalue weighted by Gasteiger charge is -2.07. The van der Waals surface area contributed by atoms with E-state index < -0.39 is 0 Å². The quantitative estimate of drug-likeness (QED) is 0.705. The predicted octanol–water partition coefficient (Wildman–Crippen LogP) is 4.37. The van der Waals surface area contributed by atoms with Gasteiger partial charge in [0.25, 0.3) is 5.91 Å². The van der Waals surface area contributed by atoms with Crippen LogP contribution < -0.4 is 5.32 Å². The summed E-state index contributed by atoms with van der Waals surface area (Å²) in [6.07, 6.45) is 0. The highest BCUT2D eigenvalue weighted by Gasteiger charge is 2.15. The maximum absolute atomic E-state index is 12.4. The van der Waals surface area contributed by atoms with Crippen LogP contribution in [-0.4, -0.2) is 11.0 Å². The van der Waals surface area contributed by atoms with Crippen molar-refractivity contribution >= 4 is 22.9 Å². The summed E-state index contributed by atoms with van der Waals surface area (Å²) in [4.78, 5) is 13.0. The molecule has 21 heavy (non-hydrogen) atoms. The smallest absolute Gasteiger partial charge is 0.266 e. The third-order valence-corrected chi connectivity index (χ3v) is 4.02. The van der Waals surface area contributed by atoms with Crippen molar-refractivity contribution in [3.63, 3.8) is 0 Å². The Morgan fingerprint density at radius 2 is 1.67 bits per heavy atom. The van der Waals surface area contributed by atoms with Crippen LogP contribution in [-0.2, 0) is 0 Å². The number of aromatic hydroxyl groups is 1. The van der Waals surface area contributed by atoms with E-state index in [4.69, 9.17) is 0 Å².